The van der Waals surface area contributed by atoms with Crippen molar-refractivity contribution < 1.29 is 5.11 Å². The van der Waals surface area contributed by atoms with Gasteiger partial charge in [0.05, 0.1) is 6.10 Å². The van der Waals surface area contributed by atoms with Gasteiger partial charge in [-0.2, -0.15) is 0 Å². The molecule has 0 radical (unpaired) electrons. The Morgan fingerprint density at radius 3 is 2.19 bits per heavy atom. The van der Waals surface area contributed by atoms with E-state index in [4.69, 9.17) is 0 Å². The molecule has 3 nitrogen and oxygen atoms in total. The van der Waals surface area contributed by atoms with E-state index in [1.807, 2.05) is 0 Å². The molecule has 0 spiro atoms. The van der Waals surface area contributed by atoms with Crippen LogP contribution in [0, 0.1) is 5.41 Å². The Morgan fingerprint density at radius 1 is 1.10 bits per heavy atom. The van der Waals surface area contributed by atoms with Crippen LogP contribution in [0.15, 0.2) is 0 Å². The molecule has 0 aromatic carbocycles. The summed E-state index contributed by atoms with van der Waals surface area (Å²) in [4.78, 5) is 2.78. The smallest absolute Gasteiger partial charge is 0.0570 e. The summed E-state index contributed by atoms with van der Waals surface area (Å²) in [5, 5.41) is 13.8. The van der Waals surface area contributed by atoms with Crippen LogP contribution in [-0.4, -0.2) is 46.8 Å². The lowest BCUT2D eigenvalue weighted by Crippen LogP contribution is -2.53. The largest absolute Gasteiger partial charge is 0.393 e. The fourth-order valence-electron chi connectivity index (χ4n) is 4.86. The number of hydrogen-bond donors (Lipinski definition) is 2. The van der Waals surface area contributed by atoms with Gasteiger partial charge in [-0.15, -0.1) is 0 Å². The van der Waals surface area contributed by atoms with Crippen LogP contribution < -0.4 is 5.32 Å². The summed E-state index contributed by atoms with van der Waals surface area (Å²) in [6.45, 7) is 9.25. The van der Waals surface area contributed by atoms with E-state index in [1.54, 1.807) is 0 Å². The summed E-state index contributed by atoms with van der Waals surface area (Å²) in [6.07, 6.45) is 10.2. The van der Waals surface area contributed by atoms with Gasteiger partial charge in [0.15, 0.2) is 0 Å². The van der Waals surface area contributed by atoms with E-state index < -0.39 is 0 Å². The van der Waals surface area contributed by atoms with Crippen molar-refractivity contribution in [3.8, 4) is 0 Å². The van der Waals surface area contributed by atoms with Crippen molar-refractivity contribution >= 4 is 0 Å². The minimum atomic E-state index is -0.0361. The highest BCUT2D eigenvalue weighted by Gasteiger charge is 2.45. The number of nitrogens with zero attached hydrogens (tertiary/aromatic N) is 1. The van der Waals surface area contributed by atoms with Gasteiger partial charge in [0.2, 0.25) is 0 Å². The highest BCUT2D eigenvalue weighted by Crippen LogP contribution is 2.43. The Kier molecular flexibility index (Phi) is 4.37. The van der Waals surface area contributed by atoms with Crippen LogP contribution in [0.1, 0.15) is 72.1 Å². The molecule has 2 bridgehead atoms. The SMILES string of the molecule is CC(C)(C)NCC1(CN2C3CCC2CC(O)C3)CCCC1. The molecule has 2 N–H and O–H groups in total. The lowest BCUT2D eigenvalue weighted by molar-refractivity contribution is 0.00923. The molecule has 2 atom stereocenters. The summed E-state index contributed by atoms with van der Waals surface area (Å²) in [5.41, 5.74) is 0.697. The van der Waals surface area contributed by atoms with E-state index in [2.05, 4.69) is 31.0 Å². The maximum absolute atomic E-state index is 10.0. The summed E-state index contributed by atoms with van der Waals surface area (Å²) in [6, 6.07) is 1.32. The predicted molar refractivity (Wildman–Crippen MR) is 87.4 cm³/mol. The van der Waals surface area contributed by atoms with Crippen LogP contribution in [-0.2, 0) is 0 Å². The Hall–Kier alpha value is -0.120. The minimum Gasteiger partial charge on any atom is -0.393 e. The third-order valence-electron chi connectivity index (χ3n) is 6.04. The topological polar surface area (TPSA) is 35.5 Å². The summed E-state index contributed by atoms with van der Waals surface area (Å²) >= 11 is 0. The number of fused-ring (bicyclic) bond motifs is 2. The van der Waals surface area contributed by atoms with Gasteiger partial charge in [-0.1, -0.05) is 12.8 Å². The van der Waals surface area contributed by atoms with Crippen LogP contribution in [0.5, 0.6) is 0 Å². The van der Waals surface area contributed by atoms with Gasteiger partial charge in [0, 0.05) is 30.7 Å². The van der Waals surface area contributed by atoms with Gasteiger partial charge in [0.1, 0.15) is 0 Å². The molecule has 0 aromatic rings. The fourth-order valence-corrected chi connectivity index (χ4v) is 4.86. The number of aliphatic hydroxyl groups excluding tert-OH is 1. The highest BCUT2D eigenvalue weighted by molar-refractivity contribution is 5.00. The first kappa shape index (κ1) is 15.8. The number of rotatable bonds is 4. The molecular weight excluding hydrogens is 260 g/mol. The summed E-state index contributed by atoms with van der Waals surface area (Å²) < 4.78 is 0. The molecule has 0 aromatic heterocycles. The fraction of sp³-hybridized carbons (Fsp3) is 1.00. The second kappa shape index (κ2) is 5.82. The van der Waals surface area contributed by atoms with E-state index >= 15 is 0 Å². The Balaban J connectivity index is 1.65. The first-order valence-electron chi connectivity index (χ1n) is 9.06. The van der Waals surface area contributed by atoms with Crippen LogP contribution in [0.3, 0.4) is 0 Å². The molecule has 122 valence electrons. The van der Waals surface area contributed by atoms with E-state index in [9.17, 15) is 5.11 Å². The average molecular weight is 294 g/mol. The molecule has 2 heterocycles. The van der Waals surface area contributed by atoms with Crippen LogP contribution in [0.25, 0.3) is 0 Å². The van der Waals surface area contributed by atoms with Crippen molar-refractivity contribution in [1.29, 1.82) is 0 Å². The van der Waals surface area contributed by atoms with Crippen molar-refractivity contribution in [1.82, 2.24) is 10.2 Å². The zero-order chi connectivity index (χ0) is 15.1. The van der Waals surface area contributed by atoms with Crippen molar-refractivity contribution in [2.24, 2.45) is 5.41 Å². The molecule has 0 amide bonds. The number of piperidine rings is 1. The van der Waals surface area contributed by atoms with E-state index in [1.165, 1.54) is 45.1 Å². The van der Waals surface area contributed by atoms with Crippen molar-refractivity contribution in [2.45, 2.75) is 95.9 Å². The molecule has 1 aliphatic carbocycles. The molecule has 3 heteroatoms. The maximum Gasteiger partial charge on any atom is 0.0570 e. The number of nitrogens with one attached hydrogen (secondary N) is 1. The van der Waals surface area contributed by atoms with Gasteiger partial charge >= 0.3 is 0 Å². The third-order valence-corrected chi connectivity index (χ3v) is 6.04. The monoisotopic (exact) mass is 294 g/mol. The zero-order valence-electron chi connectivity index (χ0n) is 14.2. The van der Waals surface area contributed by atoms with Gasteiger partial charge in [-0.3, -0.25) is 4.90 Å². The molecule has 3 rings (SSSR count). The molecule has 2 aliphatic heterocycles. The van der Waals surface area contributed by atoms with Gasteiger partial charge in [-0.25, -0.2) is 0 Å². The normalized spacial score (nSPS) is 36.3. The molecule has 2 saturated heterocycles. The van der Waals surface area contributed by atoms with E-state index in [0.717, 1.165) is 19.4 Å². The molecule has 3 aliphatic rings. The average Bonchev–Trinajstić information content (AvgIpc) is 2.93. The van der Waals surface area contributed by atoms with Crippen molar-refractivity contribution in [3.63, 3.8) is 0 Å². The molecule has 3 fully saturated rings. The highest BCUT2D eigenvalue weighted by atomic mass is 16.3. The summed E-state index contributed by atoms with van der Waals surface area (Å²) in [7, 11) is 0. The standard InChI is InChI=1S/C18H34N2O/c1-17(2,3)19-12-18(8-4-5-9-18)13-20-14-6-7-15(20)11-16(21)10-14/h14-16,19,21H,4-13H2,1-3H3. The maximum atomic E-state index is 10.0. The molecule has 1 saturated carbocycles. The molecule has 21 heavy (non-hydrogen) atoms. The Morgan fingerprint density at radius 2 is 1.67 bits per heavy atom. The lowest BCUT2D eigenvalue weighted by Gasteiger charge is -2.44. The van der Waals surface area contributed by atoms with Crippen LogP contribution in [0.2, 0.25) is 0 Å². The Bertz CT molecular complexity index is 343. The second-order valence-corrected chi connectivity index (χ2v) is 8.99. The lowest BCUT2D eigenvalue weighted by atomic mass is 9.83. The molecule has 2 unspecified atom stereocenters. The van der Waals surface area contributed by atoms with Crippen molar-refractivity contribution in [3.05, 3.63) is 0 Å². The zero-order valence-corrected chi connectivity index (χ0v) is 14.2. The quantitative estimate of drug-likeness (QED) is 0.837. The second-order valence-electron chi connectivity index (χ2n) is 8.99. The van der Waals surface area contributed by atoms with Gasteiger partial charge < -0.3 is 10.4 Å². The first-order valence-corrected chi connectivity index (χ1v) is 9.06. The van der Waals surface area contributed by atoms with Crippen LogP contribution >= 0.6 is 0 Å². The third kappa shape index (κ3) is 3.62. The minimum absolute atomic E-state index is 0.0361. The Labute approximate surface area is 130 Å². The van der Waals surface area contributed by atoms with Gasteiger partial charge in [0.25, 0.3) is 0 Å². The summed E-state index contributed by atoms with van der Waals surface area (Å²) in [5.74, 6) is 0. The van der Waals surface area contributed by atoms with E-state index in [-0.39, 0.29) is 11.6 Å². The predicted octanol–water partition coefficient (Wildman–Crippen LogP) is 2.92. The van der Waals surface area contributed by atoms with Gasteiger partial charge in [-0.05, 0) is 64.7 Å². The van der Waals surface area contributed by atoms with Crippen LogP contribution in [0.4, 0.5) is 0 Å². The number of hydrogen-bond acceptors (Lipinski definition) is 3. The van der Waals surface area contributed by atoms with Crippen molar-refractivity contribution in [2.75, 3.05) is 13.1 Å². The molecular formula is C18H34N2O. The number of aliphatic hydroxyl groups is 1. The van der Waals surface area contributed by atoms with E-state index in [0.29, 0.717) is 17.5 Å². The first-order chi connectivity index (χ1) is 9.87.